The molecule has 2 amide bonds. The Kier molecular flexibility index (Phi) is 8.06. The number of benzene rings is 3. The van der Waals surface area contributed by atoms with E-state index in [0.717, 1.165) is 56.2 Å². The first-order valence-corrected chi connectivity index (χ1v) is 15.8. The van der Waals surface area contributed by atoms with Crippen LogP contribution in [0, 0.1) is 0 Å². The van der Waals surface area contributed by atoms with Gasteiger partial charge in [-0.25, -0.2) is 0 Å². The van der Waals surface area contributed by atoms with Crippen molar-refractivity contribution in [3.8, 4) is 11.5 Å². The van der Waals surface area contributed by atoms with E-state index in [1.807, 2.05) is 48.5 Å². The fourth-order valence-electron chi connectivity index (χ4n) is 6.90. The van der Waals surface area contributed by atoms with Gasteiger partial charge in [0.2, 0.25) is 5.91 Å². The van der Waals surface area contributed by atoms with Crippen LogP contribution in [0.15, 0.2) is 85.1 Å². The van der Waals surface area contributed by atoms with Crippen molar-refractivity contribution in [1.29, 1.82) is 0 Å². The summed E-state index contributed by atoms with van der Waals surface area (Å²) in [7, 11) is 0. The highest BCUT2D eigenvalue weighted by Crippen LogP contribution is 2.34. The van der Waals surface area contributed by atoms with Crippen LogP contribution in [-0.2, 0) is 17.9 Å². The van der Waals surface area contributed by atoms with E-state index in [4.69, 9.17) is 21.1 Å². The molecule has 0 spiro atoms. The number of rotatable bonds is 8. The Morgan fingerprint density at radius 1 is 0.932 bits per heavy atom. The van der Waals surface area contributed by atoms with Crippen molar-refractivity contribution < 1.29 is 19.1 Å². The average molecular weight is 613 g/mol. The standard InChI is InChI=1S/C35H37ClN4O4/c1-23-11-14-31(34(41)37-23)40-19-25-17-26(12-13-28(25)35(40)42)43-33-22-38(18-24-7-3-2-4-8-24)16-15-30(33)39-20-27(21-39)44-32-10-6-5-9-29(32)36/h2-10,12-13,17,27,30-31,33H,1,11,14-16,18-22H2,(H,37,41)/t30-,31?,33-/m0/s1. The molecule has 1 N–H and O–H groups in total. The molecule has 3 aromatic carbocycles. The fourth-order valence-corrected chi connectivity index (χ4v) is 7.08. The lowest BCUT2D eigenvalue weighted by Crippen LogP contribution is -2.65. The monoisotopic (exact) mass is 612 g/mol. The van der Waals surface area contributed by atoms with Gasteiger partial charge in [-0.1, -0.05) is 60.6 Å². The molecule has 0 bridgehead atoms. The van der Waals surface area contributed by atoms with Gasteiger partial charge in [0.1, 0.15) is 29.7 Å². The van der Waals surface area contributed by atoms with Crippen LogP contribution in [0.3, 0.4) is 0 Å². The molecule has 4 aliphatic heterocycles. The molecule has 3 fully saturated rings. The van der Waals surface area contributed by atoms with Gasteiger partial charge in [-0.15, -0.1) is 0 Å². The largest absolute Gasteiger partial charge is 0.487 e. The lowest BCUT2D eigenvalue weighted by Gasteiger charge is -2.49. The Balaban J connectivity index is 1.05. The third-order valence-corrected chi connectivity index (χ3v) is 9.54. The number of nitrogens with zero attached hydrogens (tertiary/aromatic N) is 3. The molecule has 0 radical (unpaired) electrons. The first-order chi connectivity index (χ1) is 21.4. The van der Waals surface area contributed by atoms with E-state index in [2.05, 4.69) is 46.0 Å². The zero-order chi connectivity index (χ0) is 30.2. The molecule has 8 nitrogen and oxygen atoms in total. The highest BCUT2D eigenvalue weighted by Gasteiger charge is 2.42. The number of carbonyl (C=O) groups is 2. The molecule has 0 aliphatic carbocycles. The minimum absolute atomic E-state index is 0.0601. The van der Waals surface area contributed by atoms with Crippen LogP contribution in [0.25, 0.3) is 0 Å². The second-order valence-corrected chi connectivity index (χ2v) is 12.7. The summed E-state index contributed by atoms with van der Waals surface area (Å²) in [5.74, 6) is 1.21. The molecule has 0 saturated carbocycles. The van der Waals surface area contributed by atoms with E-state index in [1.165, 1.54) is 5.56 Å². The number of hydrogen-bond acceptors (Lipinski definition) is 6. The number of hydrogen-bond donors (Lipinski definition) is 1. The number of likely N-dealkylation sites (tertiary alicyclic amines) is 2. The van der Waals surface area contributed by atoms with E-state index in [-0.39, 0.29) is 30.1 Å². The predicted octanol–water partition coefficient (Wildman–Crippen LogP) is 4.87. The fraction of sp³-hybridized carbons (Fsp3) is 0.371. The highest BCUT2D eigenvalue weighted by atomic mass is 35.5. The molecular weight excluding hydrogens is 576 g/mol. The third kappa shape index (κ3) is 5.94. The van der Waals surface area contributed by atoms with Gasteiger partial charge in [0.15, 0.2) is 0 Å². The maximum absolute atomic E-state index is 13.3. The van der Waals surface area contributed by atoms with Crippen LogP contribution in [-0.4, -0.2) is 77.0 Å². The molecule has 4 heterocycles. The highest BCUT2D eigenvalue weighted by molar-refractivity contribution is 6.32. The Hall–Kier alpha value is -3.85. The van der Waals surface area contributed by atoms with Gasteiger partial charge in [-0.2, -0.15) is 0 Å². The van der Waals surface area contributed by atoms with Gasteiger partial charge in [-0.3, -0.25) is 19.4 Å². The average Bonchev–Trinajstić information content (AvgIpc) is 3.32. The second kappa shape index (κ2) is 12.3. The molecule has 7 rings (SSSR count). The Morgan fingerprint density at radius 2 is 1.73 bits per heavy atom. The van der Waals surface area contributed by atoms with Gasteiger partial charge in [0.25, 0.3) is 5.91 Å². The normalized spacial score (nSPS) is 24.5. The molecule has 228 valence electrons. The minimum Gasteiger partial charge on any atom is -0.487 e. The first-order valence-electron chi connectivity index (χ1n) is 15.4. The lowest BCUT2D eigenvalue weighted by atomic mass is 9.95. The molecule has 44 heavy (non-hydrogen) atoms. The molecule has 0 aromatic heterocycles. The molecule has 3 aromatic rings. The number of piperidine rings is 2. The number of para-hydroxylation sites is 1. The Morgan fingerprint density at radius 3 is 2.52 bits per heavy atom. The minimum atomic E-state index is -0.480. The SMILES string of the molecule is C=C1CCC(N2Cc3cc(O[C@H]4CN(Cc5ccccc5)CC[C@@H]4N4CC(Oc5ccccc5Cl)C4)ccc3C2=O)C(=O)N1. The van der Waals surface area contributed by atoms with Crippen LogP contribution in [0.5, 0.6) is 11.5 Å². The smallest absolute Gasteiger partial charge is 0.255 e. The van der Waals surface area contributed by atoms with Crippen molar-refractivity contribution in [3.05, 3.63) is 107 Å². The predicted molar refractivity (Wildman–Crippen MR) is 169 cm³/mol. The summed E-state index contributed by atoms with van der Waals surface area (Å²) >= 11 is 6.33. The number of fused-ring (bicyclic) bond motifs is 1. The quantitative estimate of drug-likeness (QED) is 0.391. The zero-order valence-electron chi connectivity index (χ0n) is 24.7. The van der Waals surface area contributed by atoms with Crippen LogP contribution in [0.4, 0.5) is 0 Å². The van der Waals surface area contributed by atoms with Crippen molar-refractivity contribution in [2.75, 3.05) is 26.2 Å². The zero-order valence-corrected chi connectivity index (χ0v) is 25.4. The molecule has 9 heteroatoms. The topological polar surface area (TPSA) is 74.3 Å². The first kappa shape index (κ1) is 28.9. The number of carbonyl (C=O) groups excluding carboxylic acids is 2. The van der Waals surface area contributed by atoms with Crippen molar-refractivity contribution in [1.82, 2.24) is 20.0 Å². The number of halogens is 1. The third-order valence-electron chi connectivity index (χ3n) is 9.23. The maximum Gasteiger partial charge on any atom is 0.255 e. The van der Waals surface area contributed by atoms with Crippen molar-refractivity contribution in [2.24, 2.45) is 0 Å². The van der Waals surface area contributed by atoms with E-state index in [0.29, 0.717) is 35.7 Å². The summed E-state index contributed by atoms with van der Waals surface area (Å²) < 4.78 is 13.0. The van der Waals surface area contributed by atoms with Gasteiger partial charge >= 0.3 is 0 Å². The van der Waals surface area contributed by atoms with E-state index >= 15 is 0 Å². The van der Waals surface area contributed by atoms with Crippen LogP contribution < -0.4 is 14.8 Å². The van der Waals surface area contributed by atoms with Gasteiger partial charge in [0.05, 0.1) is 5.02 Å². The maximum atomic E-state index is 13.3. The van der Waals surface area contributed by atoms with Crippen LogP contribution in [0.2, 0.25) is 5.02 Å². The molecule has 4 aliphatic rings. The van der Waals surface area contributed by atoms with Crippen molar-refractivity contribution >= 4 is 23.4 Å². The summed E-state index contributed by atoms with van der Waals surface area (Å²) in [5, 5.41) is 3.44. The molecule has 1 unspecified atom stereocenters. The Labute approximate surface area is 263 Å². The number of amides is 2. The molecular formula is C35H37ClN4O4. The van der Waals surface area contributed by atoms with Gasteiger partial charge in [-0.05, 0) is 60.7 Å². The molecule has 3 atom stereocenters. The summed E-state index contributed by atoms with van der Waals surface area (Å²) in [6.07, 6.45) is 2.27. The van der Waals surface area contributed by atoms with Crippen molar-refractivity contribution in [3.63, 3.8) is 0 Å². The summed E-state index contributed by atoms with van der Waals surface area (Å²) in [6.45, 7) is 8.54. The van der Waals surface area contributed by atoms with E-state index in [1.54, 1.807) is 4.90 Å². The molecule has 3 saturated heterocycles. The number of ether oxygens (including phenoxy) is 2. The van der Waals surface area contributed by atoms with Crippen LogP contribution >= 0.6 is 11.6 Å². The van der Waals surface area contributed by atoms with Crippen LogP contribution in [0.1, 0.15) is 40.7 Å². The number of allylic oxidation sites excluding steroid dienone is 1. The summed E-state index contributed by atoms with van der Waals surface area (Å²) in [4.78, 5) is 32.5. The second-order valence-electron chi connectivity index (χ2n) is 12.3. The van der Waals surface area contributed by atoms with E-state index in [9.17, 15) is 9.59 Å². The van der Waals surface area contributed by atoms with Crippen molar-refractivity contribution in [2.45, 2.75) is 56.6 Å². The number of nitrogens with one attached hydrogen (secondary N) is 1. The van der Waals surface area contributed by atoms with Gasteiger partial charge < -0.3 is 19.7 Å². The Bertz CT molecular complexity index is 1560. The van der Waals surface area contributed by atoms with E-state index < -0.39 is 6.04 Å². The summed E-state index contributed by atoms with van der Waals surface area (Å²) in [6, 6.07) is 23.6. The summed E-state index contributed by atoms with van der Waals surface area (Å²) in [5.41, 5.74) is 3.53. The lowest BCUT2D eigenvalue weighted by molar-refractivity contribution is -0.126. The van der Waals surface area contributed by atoms with Gasteiger partial charge in [0, 0.05) is 56.6 Å².